The molecule has 1 atom stereocenters. The first-order chi connectivity index (χ1) is 10.6. The molecule has 9 heteroatoms. The van der Waals surface area contributed by atoms with E-state index in [1.807, 2.05) is 6.92 Å². The van der Waals surface area contributed by atoms with Crippen molar-refractivity contribution in [3.63, 3.8) is 0 Å². The van der Waals surface area contributed by atoms with Gasteiger partial charge in [0.05, 0.1) is 4.90 Å². The molecule has 0 aliphatic carbocycles. The predicted molar refractivity (Wildman–Crippen MR) is 92.5 cm³/mol. The van der Waals surface area contributed by atoms with Crippen LogP contribution in [0, 0.1) is 5.92 Å². The molecule has 1 aliphatic heterocycles. The number of benzene rings is 1. The van der Waals surface area contributed by atoms with Gasteiger partial charge in [-0.2, -0.15) is 4.31 Å². The molecule has 1 saturated heterocycles. The Morgan fingerprint density at radius 2 is 1.87 bits per heavy atom. The summed E-state index contributed by atoms with van der Waals surface area (Å²) in [5, 5.41) is 2.40. The van der Waals surface area contributed by atoms with E-state index in [1.54, 1.807) is 0 Å². The van der Waals surface area contributed by atoms with Crippen molar-refractivity contribution in [1.82, 2.24) is 4.31 Å². The third-order valence-corrected chi connectivity index (χ3v) is 6.02. The second-order valence-corrected chi connectivity index (χ2v) is 9.81. The summed E-state index contributed by atoms with van der Waals surface area (Å²) in [6, 6.07) is 5.80. The number of sulfonamides is 1. The quantitative estimate of drug-likeness (QED) is 0.792. The van der Waals surface area contributed by atoms with Gasteiger partial charge < -0.3 is 5.32 Å². The van der Waals surface area contributed by atoms with E-state index in [9.17, 15) is 13.2 Å². The van der Waals surface area contributed by atoms with Crippen LogP contribution in [0.1, 0.15) is 19.8 Å². The van der Waals surface area contributed by atoms with Gasteiger partial charge in [-0.1, -0.05) is 41.7 Å². The molecule has 1 aliphatic rings. The second-order valence-electron chi connectivity index (χ2n) is 5.59. The molecular weight excluding hydrogens is 383 g/mol. The molecule has 1 N–H and O–H groups in total. The van der Waals surface area contributed by atoms with E-state index in [-0.39, 0.29) is 4.90 Å². The molecule has 5 nitrogen and oxygen atoms in total. The summed E-state index contributed by atoms with van der Waals surface area (Å²) in [5.74, 6) is -0.454. The van der Waals surface area contributed by atoms with Crippen molar-refractivity contribution in [2.75, 3.05) is 18.4 Å². The van der Waals surface area contributed by atoms with Crippen LogP contribution in [0.15, 0.2) is 29.2 Å². The van der Waals surface area contributed by atoms with Gasteiger partial charge >= 0.3 is 0 Å². The van der Waals surface area contributed by atoms with Gasteiger partial charge in [0.15, 0.2) is 0 Å². The third kappa shape index (κ3) is 4.73. The largest absolute Gasteiger partial charge is 0.322 e. The van der Waals surface area contributed by atoms with Crippen LogP contribution in [0.3, 0.4) is 0 Å². The first kappa shape index (κ1) is 18.8. The predicted octanol–water partition coefficient (Wildman–Crippen LogP) is 3.42. The molecule has 1 aromatic carbocycles. The number of anilines is 1. The minimum absolute atomic E-state index is 0.179. The maximum atomic E-state index is 12.6. The lowest BCUT2D eigenvalue weighted by Crippen LogP contribution is -2.39. The van der Waals surface area contributed by atoms with E-state index < -0.39 is 19.7 Å². The van der Waals surface area contributed by atoms with Crippen LogP contribution in [0.25, 0.3) is 0 Å². The average Bonchev–Trinajstić information content (AvgIpc) is 2.47. The van der Waals surface area contributed by atoms with Gasteiger partial charge in [0.1, 0.15) is 0 Å². The highest BCUT2D eigenvalue weighted by atomic mass is 35.6. The number of carbonyl (C=O) groups excluding carboxylic acids is 1. The number of halogens is 3. The summed E-state index contributed by atoms with van der Waals surface area (Å²) < 4.78 is 24.6. The topological polar surface area (TPSA) is 66.5 Å². The molecule has 1 fully saturated rings. The Hall–Kier alpha value is -0.530. The molecule has 0 aromatic heterocycles. The van der Waals surface area contributed by atoms with Crippen LogP contribution < -0.4 is 5.32 Å². The van der Waals surface area contributed by atoms with Gasteiger partial charge in [-0.25, -0.2) is 8.42 Å². The van der Waals surface area contributed by atoms with Crippen molar-refractivity contribution >= 4 is 56.4 Å². The minimum Gasteiger partial charge on any atom is -0.322 e. The molecule has 1 heterocycles. The van der Waals surface area contributed by atoms with Crippen molar-refractivity contribution < 1.29 is 13.2 Å². The van der Waals surface area contributed by atoms with Gasteiger partial charge in [-0.15, -0.1) is 0 Å². The Balaban J connectivity index is 2.14. The standard InChI is InChI=1S/C14H17Cl3N2O3S/c1-10-3-2-8-19(9-10)23(21,22)12-6-4-11(5-7-12)18-13(20)14(15,16)17/h4-7,10H,2-3,8-9H2,1H3,(H,18,20). The Labute approximate surface area is 150 Å². The van der Waals surface area contributed by atoms with Gasteiger partial charge in [0, 0.05) is 18.8 Å². The fourth-order valence-electron chi connectivity index (χ4n) is 2.43. The minimum atomic E-state index is -3.53. The van der Waals surface area contributed by atoms with Crippen LogP contribution in [-0.2, 0) is 14.8 Å². The van der Waals surface area contributed by atoms with Gasteiger partial charge in [-0.05, 0) is 43.0 Å². The smallest absolute Gasteiger partial charge is 0.276 e. The molecule has 1 aromatic rings. The molecule has 0 saturated carbocycles. The zero-order valence-corrected chi connectivity index (χ0v) is 15.5. The van der Waals surface area contributed by atoms with E-state index >= 15 is 0 Å². The monoisotopic (exact) mass is 398 g/mol. The van der Waals surface area contributed by atoms with Crippen molar-refractivity contribution in [2.45, 2.75) is 28.5 Å². The Morgan fingerprint density at radius 1 is 1.26 bits per heavy atom. The van der Waals surface area contributed by atoms with Gasteiger partial charge in [0.25, 0.3) is 9.70 Å². The van der Waals surface area contributed by atoms with Crippen LogP contribution >= 0.6 is 34.8 Å². The van der Waals surface area contributed by atoms with Crippen LogP contribution in [0.5, 0.6) is 0 Å². The third-order valence-electron chi connectivity index (χ3n) is 3.63. The van der Waals surface area contributed by atoms with E-state index in [0.717, 1.165) is 12.8 Å². The lowest BCUT2D eigenvalue weighted by atomic mass is 10.0. The second kappa shape index (κ2) is 7.15. The molecule has 23 heavy (non-hydrogen) atoms. The molecule has 128 valence electrons. The van der Waals surface area contributed by atoms with Crippen LogP contribution in [0.2, 0.25) is 0 Å². The van der Waals surface area contributed by atoms with Crippen LogP contribution in [-0.4, -0.2) is 35.5 Å². The van der Waals surface area contributed by atoms with Crippen molar-refractivity contribution in [3.8, 4) is 0 Å². The molecule has 0 spiro atoms. The number of piperidine rings is 1. The summed E-state index contributed by atoms with van der Waals surface area (Å²) in [4.78, 5) is 11.7. The summed E-state index contributed by atoms with van der Waals surface area (Å²) in [7, 11) is -3.53. The number of amides is 1. The maximum Gasteiger partial charge on any atom is 0.276 e. The number of hydrogen-bond acceptors (Lipinski definition) is 3. The summed E-state index contributed by atoms with van der Waals surface area (Å²) >= 11 is 16.4. The molecule has 1 unspecified atom stereocenters. The first-order valence-electron chi connectivity index (χ1n) is 7.09. The summed E-state index contributed by atoms with van der Waals surface area (Å²) in [5.41, 5.74) is 0.354. The molecular formula is C14H17Cl3N2O3S. The Bertz CT molecular complexity index is 672. The van der Waals surface area contributed by atoms with Crippen molar-refractivity contribution in [3.05, 3.63) is 24.3 Å². The van der Waals surface area contributed by atoms with Crippen LogP contribution in [0.4, 0.5) is 5.69 Å². The summed E-state index contributed by atoms with van der Waals surface area (Å²) in [6.07, 6.45) is 1.89. The summed E-state index contributed by atoms with van der Waals surface area (Å²) in [6.45, 7) is 3.09. The normalized spacial score (nSPS) is 20.3. The number of alkyl halides is 3. The fraction of sp³-hybridized carbons (Fsp3) is 0.500. The molecule has 0 radical (unpaired) electrons. The van der Waals surface area contributed by atoms with Crippen molar-refractivity contribution in [2.24, 2.45) is 5.92 Å². The number of carbonyl (C=O) groups is 1. The number of rotatable bonds is 3. The fourth-order valence-corrected chi connectivity index (χ4v) is 4.17. The maximum absolute atomic E-state index is 12.6. The average molecular weight is 400 g/mol. The zero-order chi connectivity index (χ0) is 17.3. The van der Waals surface area contributed by atoms with E-state index in [0.29, 0.717) is 24.7 Å². The molecule has 2 rings (SSSR count). The van der Waals surface area contributed by atoms with E-state index in [1.165, 1.54) is 28.6 Å². The lowest BCUT2D eigenvalue weighted by Gasteiger charge is -2.30. The highest BCUT2D eigenvalue weighted by Crippen LogP contribution is 2.28. The zero-order valence-electron chi connectivity index (χ0n) is 12.4. The highest BCUT2D eigenvalue weighted by Gasteiger charge is 2.31. The number of hydrogen-bond donors (Lipinski definition) is 1. The van der Waals surface area contributed by atoms with Crippen molar-refractivity contribution in [1.29, 1.82) is 0 Å². The lowest BCUT2D eigenvalue weighted by molar-refractivity contribution is -0.115. The molecule has 0 bridgehead atoms. The Kier molecular flexibility index (Phi) is 5.85. The van der Waals surface area contributed by atoms with Gasteiger partial charge in [-0.3, -0.25) is 4.79 Å². The number of nitrogens with zero attached hydrogens (tertiary/aromatic N) is 1. The Morgan fingerprint density at radius 3 is 2.39 bits per heavy atom. The van der Waals surface area contributed by atoms with E-state index in [4.69, 9.17) is 34.8 Å². The van der Waals surface area contributed by atoms with E-state index in [2.05, 4.69) is 5.32 Å². The van der Waals surface area contributed by atoms with Gasteiger partial charge in [0.2, 0.25) is 10.0 Å². The SMILES string of the molecule is CC1CCCN(S(=O)(=O)c2ccc(NC(=O)C(Cl)(Cl)Cl)cc2)C1. The molecule has 1 amide bonds. The highest BCUT2D eigenvalue weighted by molar-refractivity contribution is 7.89. The number of nitrogens with one attached hydrogen (secondary N) is 1. The first-order valence-corrected chi connectivity index (χ1v) is 9.66.